The Morgan fingerprint density at radius 3 is 2.69 bits per heavy atom. The Morgan fingerprint density at radius 2 is 1.97 bits per heavy atom. The van der Waals surface area contributed by atoms with Gasteiger partial charge in [-0.3, -0.25) is 4.79 Å². The second kappa shape index (κ2) is 9.24. The smallest absolute Gasteiger partial charge is 0.226 e. The molecule has 0 aliphatic rings. The monoisotopic (exact) mass is 389 g/mol. The Kier molecular flexibility index (Phi) is 6.50. The third kappa shape index (κ3) is 4.93. The highest BCUT2D eigenvalue weighted by molar-refractivity contribution is 5.76. The Labute approximate surface area is 172 Å². The molecule has 0 aliphatic carbocycles. The average Bonchev–Trinajstić information content (AvgIpc) is 3.00. The number of rotatable bonds is 8. The van der Waals surface area contributed by atoms with E-state index < -0.39 is 0 Å². The molecule has 0 radical (unpaired) electrons. The van der Waals surface area contributed by atoms with Gasteiger partial charge in [0.05, 0.1) is 11.4 Å². The van der Waals surface area contributed by atoms with Crippen molar-refractivity contribution in [2.24, 2.45) is 0 Å². The topological polar surface area (TPSA) is 56.2 Å². The molecule has 5 nitrogen and oxygen atoms in total. The highest BCUT2D eigenvalue weighted by Gasteiger charge is 2.20. The van der Waals surface area contributed by atoms with E-state index in [9.17, 15) is 4.79 Å². The molecule has 1 amide bonds. The van der Waals surface area contributed by atoms with Crippen LogP contribution in [0.4, 0.5) is 0 Å². The predicted molar refractivity (Wildman–Crippen MR) is 116 cm³/mol. The van der Waals surface area contributed by atoms with Crippen molar-refractivity contribution in [2.45, 2.75) is 33.6 Å². The summed E-state index contributed by atoms with van der Waals surface area (Å²) in [6.07, 6.45) is 2.58. The zero-order valence-electron chi connectivity index (χ0n) is 17.2. The molecular weight excluding hydrogens is 362 g/mol. The van der Waals surface area contributed by atoms with Crippen molar-refractivity contribution in [3.63, 3.8) is 0 Å². The summed E-state index contributed by atoms with van der Waals surface area (Å²) >= 11 is 0. The lowest BCUT2D eigenvalue weighted by Gasteiger charge is -2.13. The lowest BCUT2D eigenvalue weighted by atomic mass is 10.1. The number of aryl methyl sites for hydroxylation is 3. The van der Waals surface area contributed by atoms with Crippen LogP contribution >= 0.6 is 0 Å². The first kappa shape index (κ1) is 20.4. The maximum absolute atomic E-state index is 12.1. The molecule has 0 saturated carbocycles. The van der Waals surface area contributed by atoms with E-state index in [0.29, 0.717) is 25.3 Å². The van der Waals surface area contributed by atoms with Crippen LogP contribution in [-0.2, 0) is 11.2 Å². The Hall–Kier alpha value is -3.34. The van der Waals surface area contributed by atoms with E-state index >= 15 is 0 Å². The molecule has 0 fully saturated rings. The van der Waals surface area contributed by atoms with Crippen LogP contribution in [0, 0.1) is 20.8 Å². The van der Waals surface area contributed by atoms with Gasteiger partial charge >= 0.3 is 0 Å². The summed E-state index contributed by atoms with van der Waals surface area (Å²) < 4.78 is 8.16. The molecule has 0 spiro atoms. The van der Waals surface area contributed by atoms with Gasteiger partial charge in [0, 0.05) is 18.5 Å². The largest absolute Gasteiger partial charge is 0.439 e. The third-order valence-electron chi connectivity index (χ3n) is 4.73. The van der Waals surface area contributed by atoms with Gasteiger partial charge in [-0.1, -0.05) is 36.4 Å². The van der Waals surface area contributed by atoms with E-state index in [0.717, 1.165) is 33.8 Å². The van der Waals surface area contributed by atoms with Gasteiger partial charge in [-0.25, -0.2) is 0 Å². The Balaban J connectivity index is 1.99. The van der Waals surface area contributed by atoms with Crippen molar-refractivity contribution >= 4 is 5.91 Å². The van der Waals surface area contributed by atoms with Crippen LogP contribution in [-0.4, -0.2) is 22.2 Å². The van der Waals surface area contributed by atoms with E-state index in [1.807, 2.05) is 74.0 Å². The minimum atomic E-state index is -0.0190. The van der Waals surface area contributed by atoms with Crippen LogP contribution in [0.25, 0.3) is 5.69 Å². The molecule has 3 aromatic rings. The molecule has 1 heterocycles. The molecule has 5 heteroatoms. The number of amides is 1. The first-order valence-corrected chi connectivity index (χ1v) is 9.76. The number of carbonyl (C=O) groups is 1. The maximum Gasteiger partial charge on any atom is 0.226 e. The number of nitrogens with zero attached hydrogens (tertiary/aromatic N) is 2. The van der Waals surface area contributed by atoms with E-state index in [4.69, 9.17) is 9.84 Å². The number of hydrogen-bond donors (Lipinski definition) is 1. The van der Waals surface area contributed by atoms with Gasteiger partial charge in [-0.15, -0.1) is 6.58 Å². The lowest BCUT2D eigenvalue weighted by molar-refractivity contribution is -0.120. The van der Waals surface area contributed by atoms with Crippen molar-refractivity contribution in [1.29, 1.82) is 0 Å². The molecule has 150 valence electrons. The third-order valence-corrected chi connectivity index (χ3v) is 4.73. The molecule has 0 bridgehead atoms. The molecule has 0 aliphatic heterocycles. The second-order valence-corrected chi connectivity index (χ2v) is 7.08. The van der Waals surface area contributed by atoms with Crippen LogP contribution in [0.5, 0.6) is 11.6 Å². The van der Waals surface area contributed by atoms with E-state index in [2.05, 4.69) is 11.9 Å². The summed E-state index contributed by atoms with van der Waals surface area (Å²) in [6, 6.07) is 16.0. The fourth-order valence-electron chi connectivity index (χ4n) is 3.20. The minimum Gasteiger partial charge on any atom is -0.439 e. The summed E-state index contributed by atoms with van der Waals surface area (Å²) in [7, 11) is 0. The molecule has 1 N–H and O–H groups in total. The standard InChI is InChI=1S/C24H27N3O2/c1-5-15-25-23(28)14-13-21-19(4)26-27(22-12-7-6-10-18(22)3)24(21)29-20-11-8-9-17(2)16-20/h5-12,16H,1,13-15H2,2-4H3,(H,25,28). The van der Waals surface area contributed by atoms with Crippen molar-refractivity contribution in [3.8, 4) is 17.3 Å². The molecule has 0 unspecified atom stereocenters. The van der Waals surface area contributed by atoms with Gasteiger partial charge < -0.3 is 10.1 Å². The normalized spacial score (nSPS) is 10.6. The van der Waals surface area contributed by atoms with E-state index in [1.165, 1.54) is 0 Å². The number of aromatic nitrogens is 2. The molecule has 0 saturated heterocycles. The molecule has 0 atom stereocenters. The Bertz CT molecular complexity index is 1020. The summed E-state index contributed by atoms with van der Waals surface area (Å²) in [5.74, 6) is 1.38. The fraction of sp³-hybridized carbons (Fsp3) is 0.250. The molecule has 2 aromatic carbocycles. The number of nitrogens with one attached hydrogen (secondary N) is 1. The number of ether oxygens (including phenoxy) is 1. The molecule has 3 rings (SSSR count). The van der Waals surface area contributed by atoms with Crippen LogP contribution in [0.15, 0.2) is 61.2 Å². The van der Waals surface area contributed by atoms with Crippen molar-refractivity contribution in [1.82, 2.24) is 15.1 Å². The van der Waals surface area contributed by atoms with Crippen molar-refractivity contribution in [3.05, 3.63) is 83.6 Å². The minimum absolute atomic E-state index is 0.0190. The molecule has 1 aromatic heterocycles. The predicted octanol–water partition coefficient (Wildman–Crippen LogP) is 4.82. The molecule has 29 heavy (non-hydrogen) atoms. The van der Waals surface area contributed by atoms with Crippen LogP contribution < -0.4 is 10.1 Å². The summed E-state index contributed by atoms with van der Waals surface area (Å²) in [5, 5.41) is 7.57. The van der Waals surface area contributed by atoms with Gasteiger partial charge in [0.25, 0.3) is 0 Å². The van der Waals surface area contributed by atoms with E-state index in [-0.39, 0.29) is 5.91 Å². The van der Waals surface area contributed by atoms with Crippen molar-refractivity contribution in [2.75, 3.05) is 6.54 Å². The fourth-order valence-corrected chi connectivity index (χ4v) is 3.20. The summed E-state index contributed by atoms with van der Waals surface area (Å²) in [5.41, 5.74) is 4.96. The van der Waals surface area contributed by atoms with Gasteiger partial charge in [0.2, 0.25) is 11.8 Å². The maximum atomic E-state index is 12.1. The second-order valence-electron chi connectivity index (χ2n) is 7.08. The van der Waals surface area contributed by atoms with Gasteiger partial charge in [-0.2, -0.15) is 9.78 Å². The lowest BCUT2D eigenvalue weighted by Crippen LogP contribution is -2.23. The van der Waals surface area contributed by atoms with Gasteiger partial charge in [0.15, 0.2) is 0 Å². The Morgan fingerprint density at radius 1 is 1.17 bits per heavy atom. The highest BCUT2D eigenvalue weighted by atomic mass is 16.5. The first-order valence-electron chi connectivity index (χ1n) is 9.76. The van der Waals surface area contributed by atoms with Crippen LogP contribution in [0.2, 0.25) is 0 Å². The SMILES string of the molecule is C=CCNC(=O)CCc1c(C)nn(-c2ccccc2C)c1Oc1cccc(C)c1. The number of hydrogen-bond acceptors (Lipinski definition) is 3. The first-order chi connectivity index (χ1) is 14.0. The summed E-state index contributed by atoms with van der Waals surface area (Å²) in [4.78, 5) is 12.1. The zero-order valence-corrected chi connectivity index (χ0v) is 17.2. The van der Waals surface area contributed by atoms with Crippen molar-refractivity contribution < 1.29 is 9.53 Å². The number of benzene rings is 2. The number of carbonyl (C=O) groups excluding carboxylic acids is 1. The number of para-hydroxylation sites is 1. The van der Waals surface area contributed by atoms with Gasteiger partial charge in [0.1, 0.15) is 5.75 Å². The quantitative estimate of drug-likeness (QED) is 0.562. The van der Waals surface area contributed by atoms with Crippen LogP contribution in [0.3, 0.4) is 0 Å². The van der Waals surface area contributed by atoms with Gasteiger partial charge in [-0.05, 0) is 56.5 Å². The zero-order chi connectivity index (χ0) is 20.8. The highest BCUT2D eigenvalue weighted by Crippen LogP contribution is 2.32. The van der Waals surface area contributed by atoms with E-state index in [1.54, 1.807) is 6.08 Å². The van der Waals surface area contributed by atoms with Crippen LogP contribution in [0.1, 0.15) is 28.8 Å². The summed E-state index contributed by atoms with van der Waals surface area (Å²) in [6.45, 7) is 10.1. The average molecular weight is 389 g/mol. The molecular formula is C24H27N3O2.